The Kier molecular flexibility index (Phi) is 12.6. The van der Waals surface area contributed by atoms with E-state index in [9.17, 15) is 0 Å². The Hall–Kier alpha value is 0.580. The Bertz CT molecular complexity index is 43.2. The van der Waals surface area contributed by atoms with Crippen LogP contribution in [0.15, 0.2) is 0 Å². The highest BCUT2D eigenvalue weighted by Crippen LogP contribution is 1.91. The van der Waals surface area contributed by atoms with Crippen LogP contribution in [0.2, 0.25) is 0 Å². The minimum atomic E-state index is 0.650. The first-order valence-electron chi connectivity index (χ1n) is 3.66. The van der Waals surface area contributed by atoms with Crippen molar-refractivity contribution in [2.24, 2.45) is 11.8 Å². The molecule has 0 saturated carbocycles. The maximum Gasteiger partial charge on any atom is 0.0246 e. The van der Waals surface area contributed by atoms with Crippen molar-refractivity contribution in [3.05, 3.63) is 0 Å². The molecule has 0 unspecified atom stereocenters. The molecule has 0 amide bonds. The normalized spacial score (nSPS) is 9.60. The second-order valence-electron chi connectivity index (χ2n) is 3.10. The van der Waals surface area contributed by atoms with Gasteiger partial charge in [0, 0.05) is 11.8 Å². The molecule has 0 aliphatic rings. The highest BCUT2D eigenvalue weighted by Gasteiger charge is 1.82. The van der Waals surface area contributed by atoms with E-state index in [1.54, 1.807) is 0 Å². The van der Waals surface area contributed by atoms with Crippen molar-refractivity contribution in [2.45, 2.75) is 27.7 Å². The van der Waals surface area contributed by atoms with Crippen molar-refractivity contribution in [1.82, 2.24) is 0 Å². The largest absolute Gasteiger partial charge is 0.126 e. The Morgan fingerprint density at radius 3 is 0.900 bits per heavy atom. The fourth-order valence-electron chi connectivity index (χ4n) is 0. The first-order chi connectivity index (χ1) is 4.54. The third-order valence-corrected chi connectivity index (χ3v) is 1.85. The van der Waals surface area contributed by atoms with E-state index >= 15 is 0 Å². The zero-order valence-electron chi connectivity index (χ0n) is 7.32. The molecule has 0 aliphatic heterocycles. The molecule has 0 atom stereocenters. The van der Waals surface area contributed by atoms with Crippen molar-refractivity contribution in [2.75, 3.05) is 11.8 Å². The molecule has 0 aromatic heterocycles. The molecule has 0 saturated heterocycles. The molecule has 0 rings (SSSR count). The summed E-state index contributed by atoms with van der Waals surface area (Å²) >= 11 is 10.7. The van der Waals surface area contributed by atoms with Gasteiger partial charge in [-0.2, -0.15) is 0 Å². The third-order valence-electron chi connectivity index (χ3n) is 0.617. The minimum Gasteiger partial charge on any atom is -0.126 e. The minimum absolute atomic E-state index is 0.650. The molecule has 0 fully saturated rings. The maximum absolute atomic E-state index is 5.34. The molecule has 0 aromatic rings. The van der Waals surface area contributed by atoms with Crippen LogP contribution in [0, 0.1) is 11.8 Å². The van der Waals surface area contributed by atoms with E-state index < -0.39 is 0 Å². The Labute approximate surface area is 74.9 Å². The van der Waals surface area contributed by atoms with Crippen molar-refractivity contribution in [3.63, 3.8) is 0 Å². The van der Waals surface area contributed by atoms with Gasteiger partial charge in [-0.05, 0) is 11.8 Å². The highest BCUT2D eigenvalue weighted by atomic mass is 35.5. The van der Waals surface area contributed by atoms with Gasteiger partial charge in [0.15, 0.2) is 0 Å². The van der Waals surface area contributed by atoms with Gasteiger partial charge in [-0.15, -0.1) is 23.2 Å². The van der Waals surface area contributed by atoms with Crippen molar-refractivity contribution < 1.29 is 0 Å². The summed E-state index contributed by atoms with van der Waals surface area (Å²) in [6.07, 6.45) is 0. The number of alkyl halides is 2. The van der Waals surface area contributed by atoms with Crippen LogP contribution in [0.25, 0.3) is 0 Å². The Balaban J connectivity index is 0. The van der Waals surface area contributed by atoms with Gasteiger partial charge in [-0.3, -0.25) is 0 Å². The van der Waals surface area contributed by atoms with E-state index in [1.165, 1.54) is 0 Å². The fraction of sp³-hybridized carbons (Fsp3) is 1.00. The average Bonchev–Trinajstić information content (AvgIpc) is 1.89. The van der Waals surface area contributed by atoms with Gasteiger partial charge in [-0.1, -0.05) is 27.7 Å². The van der Waals surface area contributed by atoms with E-state index in [0.717, 1.165) is 11.8 Å². The molecule has 0 aromatic carbocycles. The van der Waals surface area contributed by atoms with Gasteiger partial charge in [0.05, 0.1) is 0 Å². The number of halogens is 2. The summed E-state index contributed by atoms with van der Waals surface area (Å²) in [5.41, 5.74) is 0. The smallest absolute Gasteiger partial charge is 0.0246 e. The van der Waals surface area contributed by atoms with Crippen LogP contribution >= 0.6 is 23.2 Å². The SMILES string of the molecule is CC(C)CCl.CC(C)CCl. The van der Waals surface area contributed by atoms with E-state index in [4.69, 9.17) is 23.2 Å². The van der Waals surface area contributed by atoms with Crippen LogP contribution in [0.4, 0.5) is 0 Å². The van der Waals surface area contributed by atoms with Gasteiger partial charge in [0.2, 0.25) is 0 Å². The van der Waals surface area contributed by atoms with E-state index in [0.29, 0.717) is 11.8 Å². The molecule has 2 heteroatoms. The quantitative estimate of drug-likeness (QED) is 0.574. The van der Waals surface area contributed by atoms with Crippen LogP contribution in [0.5, 0.6) is 0 Å². The van der Waals surface area contributed by atoms with Gasteiger partial charge < -0.3 is 0 Å². The van der Waals surface area contributed by atoms with Crippen molar-refractivity contribution >= 4 is 23.2 Å². The predicted octanol–water partition coefficient (Wildman–Crippen LogP) is 3.76. The second kappa shape index (κ2) is 9.58. The summed E-state index contributed by atoms with van der Waals surface area (Å²) in [7, 11) is 0. The van der Waals surface area contributed by atoms with Gasteiger partial charge in [-0.25, -0.2) is 0 Å². The lowest BCUT2D eigenvalue weighted by molar-refractivity contribution is 0.745. The standard InChI is InChI=1S/2C4H9Cl/c2*1-4(2)3-5/h2*4H,3H2,1-2H3. The summed E-state index contributed by atoms with van der Waals surface area (Å²) in [4.78, 5) is 0. The molecular formula is C8H18Cl2. The van der Waals surface area contributed by atoms with Crippen LogP contribution in [-0.4, -0.2) is 11.8 Å². The van der Waals surface area contributed by atoms with Crippen LogP contribution < -0.4 is 0 Å². The van der Waals surface area contributed by atoms with E-state index in [-0.39, 0.29) is 0 Å². The zero-order valence-corrected chi connectivity index (χ0v) is 8.84. The van der Waals surface area contributed by atoms with Gasteiger partial charge in [0.1, 0.15) is 0 Å². The summed E-state index contributed by atoms with van der Waals surface area (Å²) in [5.74, 6) is 2.85. The summed E-state index contributed by atoms with van der Waals surface area (Å²) in [5, 5.41) is 0. The summed E-state index contributed by atoms with van der Waals surface area (Å²) in [6.45, 7) is 8.36. The van der Waals surface area contributed by atoms with Crippen molar-refractivity contribution in [3.8, 4) is 0 Å². The van der Waals surface area contributed by atoms with E-state index in [1.807, 2.05) is 0 Å². The Morgan fingerprint density at radius 2 is 0.900 bits per heavy atom. The van der Waals surface area contributed by atoms with Crippen LogP contribution in [-0.2, 0) is 0 Å². The van der Waals surface area contributed by atoms with Gasteiger partial charge >= 0.3 is 0 Å². The van der Waals surface area contributed by atoms with Crippen molar-refractivity contribution in [1.29, 1.82) is 0 Å². The first-order valence-corrected chi connectivity index (χ1v) is 4.73. The van der Waals surface area contributed by atoms with Crippen LogP contribution in [0.1, 0.15) is 27.7 Å². The van der Waals surface area contributed by atoms with E-state index in [2.05, 4.69) is 27.7 Å². The molecule has 0 N–H and O–H groups in total. The van der Waals surface area contributed by atoms with Gasteiger partial charge in [0.25, 0.3) is 0 Å². The Morgan fingerprint density at radius 1 is 0.800 bits per heavy atom. The molecule has 0 aliphatic carbocycles. The lowest BCUT2D eigenvalue weighted by atomic mass is 10.3. The maximum atomic E-state index is 5.34. The molecular weight excluding hydrogens is 167 g/mol. The zero-order chi connectivity index (χ0) is 8.57. The molecule has 0 bridgehead atoms. The van der Waals surface area contributed by atoms with Crippen LogP contribution in [0.3, 0.4) is 0 Å². The molecule has 0 spiro atoms. The summed E-state index contributed by atoms with van der Waals surface area (Å²) < 4.78 is 0. The molecule has 0 nitrogen and oxygen atoms in total. The average molecular weight is 185 g/mol. The highest BCUT2D eigenvalue weighted by molar-refractivity contribution is 6.18. The lowest BCUT2D eigenvalue weighted by Crippen LogP contribution is -1.83. The summed E-state index contributed by atoms with van der Waals surface area (Å²) in [6, 6.07) is 0. The molecule has 10 heavy (non-hydrogen) atoms. The molecule has 0 heterocycles. The molecule has 0 radical (unpaired) electrons. The number of hydrogen-bond acceptors (Lipinski definition) is 0. The first kappa shape index (κ1) is 13.2. The number of rotatable bonds is 2. The monoisotopic (exact) mass is 184 g/mol. The third kappa shape index (κ3) is 23.5. The number of hydrogen-bond donors (Lipinski definition) is 0. The lowest BCUT2D eigenvalue weighted by Gasteiger charge is -1.88. The fourth-order valence-corrected chi connectivity index (χ4v) is 0. The topological polar surface area (TPSA) is 0 Å². The molecule has 64 valence electrons. The second-order valence-corrected chi connectivity index (χ2v) is 3.71. The predicted molar refractivity (Wildman–Crippen MR) is 51.1 cm³/mol.